The molecule has 0 N–H and O–H groups in total. The average Bonchev–Trinajstić information content (AvgIpc) is 2.66. The highest BCUT2D eigenvalue weighted by molar-refractivity contribution is 9.08. The van der Waals surface area contributed by atoms with Crippen molar-refractivity contribution in [2.75, 3.05) is 0 Å². The Morgan fingerprint density at radius 2 is 2.27 bits per heavy atom. The van der Waals surface area contributed by atoms with Crippen molar-refractivity contribution >= 4 is 38.9 Å². The highest BCUT2D eigenvalue weighted by atomic mass is 79.9. The van der Waals surface area contributed by atoms with Crippen molar-refractivity contribution in [2.24, 2.45) is 0 Å². The fourth-order valence-corrected chi connectivity index (χ4v) is 2.72. The van der Waals surface area contributed by atoms with E-state index in [-0.39, 0.29) is 0 Å². The minimum Gasteiger partial charge on any atom is -0.236 e. The summed E-state index contributed by atoms with van der Waals surface area (Å²) in [6.07, 6.45) is 1.84. The lowest BCUT2D eigenvalue weighted by atomic mass is 10.3. The average molecular weight is 304 g/mol. The first-order valence-electron chi connectivity index (χ1n) is 4.35. The summed E-state index contributed by atoms with van der Waals surface area (Å²) < 4.78 is 0.759. The number of nitrogens with zero attached hydrogens (tertiary/aromatic N) is 2. The lowest BCUT2D eigenvalue weighted by Gasteiger charge is -2.02. The first kappa shape index (κ1) is 11.0. The Bertz CT molecular complexity index is 484. The number of hydrogen-bond donors (Lipinski definition) is 0. The normalized spacial score (nSPS) is 10.6. The van der Waals surface area contributed by atoms with E-state index in [1.807, 2.05) is 25.3 Å². The second kappa shape index (κ2) is 4.60. The quantitative estimate of drug-likeness (QED) is 0.782. The van der Waals surface area contributed by atoms with Crippen LogP contribution in [0.15, 0.2) is 18.3 Å². The number of thiophene rings is 1. The molecule has 0 saturated carbocycles. The minimum absolute atomic E-state index is 0.743. The number of halogens is 2. The Kier molecular flexibility index (Phi) is 3.38. The van der Waals surface area contributed by atoms with Gasteiger partial charge in [-0.2, -0.15) is 0 Å². The maximum absolute atomic E-state index is 5.87. The predicted octanol–water partition coefficient (Wildman–Crippen LogP) is 4.06. The van der Waals surface area contributed by atoms with Gasteiger partial charge in [-0.1, -0.05) is 27.5 Å². The van der Waals surface area contributed by atoms with Gasteiger partial charge < -0.3 is 0 Å². The van der Waals surface area contributed by atoms with Gasteiger partial charge in [0.15, 0.2) is 5.82 Å². The molecule has 0 saturated heterocycles. The molecule has 2 aromatic heterocycles. The molecule has 0 radical (unpaired) electrons. The van der Waals surface area contributed by atoms with Gasteiger partial charge in [-0.15, -0.1) is 11.3 Å². The van der Waals surface area contributed by atoms with Crippen LogP contribution < -0.4 is 0 Å². The SMILES string of the molecule is Cc1cnc(-c2ccc(Cl)s2)nc1CBr. The van der Waals surface area contributed by atoms with E-state index in [0.717, 1.165) is 31.6 Å². The van der Waals surface area contributed by atoms with Gasteiger partial charge in [0.25, 0.3) is 0 Å². The van der Waals surface area contributed by atoms with Crippen molar-refractivity contribution in [3.63, 3.8) is 0 Å². The first-order valence-corrected chi connectivity index (χ1v) is 6.66. The van der Waals surface area contributed by atoms with Crippen molar-refractivity contribution in [3.8, 4) is 10.7 Å². The van der Waals surface area contributed by atoms with E-state index in [9.17, 15) is 0 Å². The zero-order valence-electron chi connectivity index (χ0n) is 8.00. The molecule has 0 aliphatic heterocycles. The van der Waals surface area contributed by atoms with Crippen LogP contribution >= 0.6 is 38.9 Å². The van der Waals surface area contributed by atoms with Crippen LogP contribution in [-0.4, -0.2) is 9.97 Å². The van der Waals surface area contributed by atoms with Crippen LogP contribution in [0.1, 0.15) is 11.3 Å². The molecule has 0 aliphatic rings. The van der Waals surface area contributed by atoms with Gasteiger partial charge in [0, 0.05) is 11.5 Å². The highest BCUT2D eigenvalue weighted by Crippen LogP contribution is 2.29. The van der Waals surface area contributed by atoms with Crippen molar-refractivity contribution in [3.05, 3.63) is 33.9 Å². The van der Waals surface area contributed by atoms with E-state index < -0.39 is 0 Å². The van der Waals surface area contributed by atoms with Crippen LogP contribution in [0.5, 0.6) is 0 Å². The van der Waals surface area contributed by atoms with E-state index in [0.29, 0.717) is 0 Å². The molecular formula is C10H8BrClN2S. The summed E-state index contributed by atoms with van der Waals surface area (Å²) in [5.74, 6) is 0.743. The van der Waals surface area contributed by atoms with Crippen LogP contribution in [0.3, 0.4) is 0 Å². The van der Waals surface area contributed by atoms with Crippen LogP contribution in [0.4, 0.5) is 0 Å². The number of rotatable bonds is 2. The summed E-state index contributed by atoms with van der Waals surface area (Å²) in [5, 5.41) is 0.744. The lowest BCUT2D eigenvalue weighted by Crippen LogP contribution is -1.95. The molecular weight excluding hydrogens is 296 g/mol. The van der Waals surface area contributed by atoms with Gasteiger partial charge in [-0.25, -0.2) is 9.97 Å². The molecule has 2 rings (SSSR count). The summed E-state index contributed by atoms with van der Waals surface area (Å²) in [6.45, 7) is 2.00. The van der Waals surface area contributed by atoms with Gasteiger partial charge in [-0.3, -0.25) is 0 Å². The molecule has 0 fully saturated rings. The van der Waals surface area contributed by atoms with Crippen molar-refractivity contribution < 1.29 is 0 Å². The highest BCUT2D eigenvalue weighted by Gasteiger charge is 2.07. The van der Waals surface area contributed by atoms with Crippen LogP contribution in [0.2, 0.25) is 4.34 Å². The molecule has 0 spiro atoms. The first-order chi connectivity index (χ1) is 7.20. The van der Waals surface area contributed by atoms with Crippen molar-refractivity contribution in [1.29, 1.82) is 0 Å². The lowest BCUT2D eigenvalue weighted by molar-refractivity contribution is 1.07. The van der Waals surface area contributed by atoms with E-state index in [1.54, 1.807) is 0 Å². The van der Waals surface area contributed by atoms with E-state index in [1.165, 1.54) is 11.3 Å². The molecule has 0 bridgehead atoms. The van der Waals surface area contributed by atoms with Gasteiger partial charge in [0.05, 0.1) is 14.9 Å². The molecule has 15 heavy (non-hydrogen) atoms. The Labute approximate surface area is 105 Å². The monoisotopic (exact) mass is 302 g/mol. The summed E-state index contributed by atoms with van der Waals surface area (Å²) in [7, 11) is 0. The minimum atomic E-state index is 0.743. The third-order valence-corrected chi connectivity index (χ3v) is 3.75. The Morgan fingerprint density at radius 3 is 2.87 bits per heavy atom. The standard InChI is InChI=1S/C10H8BrClN2S/c1-6-5-13-10(14-7(6)4-11)8-2-3-9(12)15-8/h2-3,5H,4H2,1H3. The molecule has 78 valence electrons. The van der Waals surface area contributed by atoms with Gasteiger partial charge in [-0.05, 0) is 24.6 Å². The number of aromatic nitrogens is 2. The van der Waals surface area contributed by atoms with Crippen molar-refractivity contribution in [1.82, 2.24) is 9.97 Å². The predicted molar refractivity (Wildman–Crippen MR) is 67.7 cm³/mol. The third kappa shape index (κ3) is 2.38. The van der Waals surface area contributed by atoms with Crippen LogP contribution in [0.25, 0.3) is 10.7 Å². The Hall–Kier alpha value is -0.450. The molecule has 0 amide bonds. The molecule has 5 heteroatoms. The Morgan fingerprint density at radius 1 is 1.47 bits per heavy atom. The summed E-state index contributed by atoms with van der Waals surface area (Å²) in [6, 6.07) is 3.80. The van der Waals surface area contributed by atoms with Crippen molar-refractivity contribution in [2.45, 2.75) is 12.3 Å². The molecule has 0 unspecified atom stereocenters. The maximum Gasteiger partial charge on any atom is 0.169 e. The second-order valence-electron chi connectivity index (χ2n) is 3.06. The zero-order valence-corrected chi connectivity index (χ0v) is 11.2. The van der Waals surface area contributed by atoms with Crippen LogP contribution in [0, 0.1) is 6.92 Å². The fourth-order valence-electron chi connectivity index (χ4n) is 1.17. The molecule has 2 heterocycles. The smallest absolute Gasteiger partial charge is 0.169 e. The summed E-state index contributed by atoms with van der Waals surface area (Å²) in [5.41, 5.74) is 2.11. The largest absolute Gasteiger partial charge is 0.236 e. The molecule has 0 aliphatic carbocycles. The number of aryl methyl sites for hydroxylation is 1. The number of alkyl halides is 1. The summed E-state index contributed by atoms with van der Waals surface area (Å²) in [4.78, 5) is 9.76. The molecule has 2 aromatic rings. The molecule has 0 atom stereocenters. The van der Waals surface area contributed by atoms with Gasteiger partial charge >= 0.3 is 0 Å². The van der Waals surface area contributed by atoms with Gasteiger partial charge in [0.1, 0.15) is 0 Å². The van der Waals surface area contributed by atoms with E-state index >= 15 is 0 Å². The van der Waals surface area contributed by atoms with Crippen LogP contribution in [-0.2, 0) is 5.33 Å². The third-order valence-electron chi connectivity index (χ3n) is 2.00. The topological polar surface area (TPSA) is 25.8 Å². The second-order valence-corrected chi connectivity index (χ2v) is 5.34. The van der Waals surface area contributed by atoms with E-state index in [2.05, 4.69) is 25.9 Å². The molecule has 2 nitrogen and oxygen atoms in total. The maximum atomic E-state index is 5.87. The Balaban J connectivity index is 2.45. The van der Waals surface area contributed by atoms with E-state index in [4.69, 9.17) is 11.6 Å². The summed E-state index contributed by atoms with van der Waals surface area (Å²) >= 11 is 10.8. The molecule has 0 aromatic carbocycles. The van der Waals surface area contributed by atoms with Gasteiger partial charge in [0.2, 0.25) is 0 Å². The zero-order chi connectivity index (χ0) is 10.8. The number of hydrogen-bond acceptors (Lipinski definition) is 3. The fraction of sp³-hybridized carbons (Fsp3) is 0.200.